The summed E-state index contributed by atoms with van der Waals surface area (Å²) in [7, 11) is 5.37. The molecule has 1 aromatic rings. The fraction of sp³-hybridized carbons (Fsp3) is 0.632. The summed E-state index contributed by atoms with van der Waals surface area (Å²) >= 11 is 0. The predicted molar refractivity (Wildman–Crippen MR) is 118 cm³/mol. The molecule has 0 radical (unpaired) electrons. The molecule has 0 spiro atoms. The van der Waals surface area contributed by atoms with Gasteiger partial charge < -0.3 is 24.4 Å². The first-order chi connectivity index (χ1) is 12.2. The smallest absolute Gasteiger partial charge is 0.193 e. The van der Waals surface area contributed by atoms with Crippen LogP contribution in [0.5, 0.6) is 11.5 Å². The number of rotatable bonds is 11. The highest BCUT2D eigenvalue weighted by Gasteiger charge is 2.08. The SMILES string of the molecule is CCNC(=NCCCOCC)N(C)CCc1ccc(OC)c(OC)c1.I. The van der Waals surface area contributed by atoms with E-state index in [1.807, 2.05) is 19.1 Å². The number of methoxy groups -OCH3 is 2. The van der Waals surface area contributed by atoms with Gasteiger partial charge in [0.25, 0.3) is 0 Å². The molecule has 0 unspecified atom stereocenters. The van der Waals surface area contributed by atoms with Gasteiger partial charge in [-0.2, -0.15) is 0 Å². The van der Waals surface area contributed by atoms with Crippen molar-refractivity contribution in [3.63, 3.8) is 0 Å². The molecule has 150 valence electrons. The van der Waals surface area contributed by atoms with E-state index in [1.54, 1.807) is 14.2 Å². The molecular weight excluding hydrogens is 445 g/mol. The first-order valence-corrected chi connectivity index (χ1v) is 8.94. The van der Waals surface area contributed by atoms with Crippen molar-refractivity contribution in [1.82, 2.24) is 10.2 Å². The summed E-state index contributed by atoms with van der Waals surface area (Å²) in [4.78, 5) is 6.82. The van der Waals surface area contributed by atoms with E-state index in [-0.39, 0.29) is 24.0 Å². The van der Waals surface area contributed by atoms with Crippen LogP contribution in [0.1, 0.15) is 25.8 Å². The van der Waals surface area contributed by atoms with Crippen LogP contribution in [0.25, 0.3) is 0 Å². The van der Waals surface area contributed by atoms with Crippen LogP contribution < -0.4 is 14.8 Å². The number of nitrogens with zero attached hydrogens (tertiary/aromatic N) is 2. The molecule has 0 fully saturated rings. The van der Waals surface area contributed by atoms with Crippen molar-refractivity contribution in [3.05, 3.63) is 23.8 Å². The van der Waals surface area contributed by atoms with Gasteiger partial charge in [0.05, 0.1) is 14.2 Å². The fourth-order valence-electron chi connectivity index (χ4n) is 2.40. The number of guanidine groups is 1. The molecule has 6 nitrogen and oxygen atoms in total. The van der Waals surface area contributed by atoms with E-state index in [0.717, 1.165) is 63.1 Å². The van der Waals surface area contributed by atoms with Crippen LogP contribution in [0, 0.1) is 0 Å². The molecule has 0 saturated heterocycles. The van der Waals surface area contributed by atoms with E-state index < -0.39 is 0 Å². The third-order valence-electron chi connectivity index (χ3n) is 3.79. The molecule has 0 aliphatic rings. The molecule has 0 aromatic heterocycles. The van der Waals surface area contributed by atoms with E-state index in [2.05, 4.69) is 35.2 Å². The molecule has 0 saturated carbocycles. The Bertz CT molecular complexity index is 527. The lowest BCUT2D eigenvalue weighted by Crippen LogP contribution is -2.40. The minimum Gasteiger partial charge on any atom is -0.493 e. The first-order valence-electron chi connectivity index (χ1n) is 8.94. The summed E-state index contributed by atoms with van der Waals surface area (Å²) in [5, 5.41) is 3.34. The Balaban J connectivity index is 0.00000625. The number of ether oxygens (including phenoxy) is 3. The average Bonchev–Trinajstić information content (AvgIpc) is 2.64. The number of benzene rings is 1. The molecule has 0 aliphatic carbocycles. The zero-order valence-corrected chi connectivity index (χ0v) is 19.0. The third kappa shape index (κ3) is 8.93. The van der Waals surface area contributed by atoms with E-state index in [9.17, 15) is 0 Å². The van der Waals surface area contributed by atoms with Gasteiger partial charge in [-0.15, -0.1) is 24.0 Å². The molecule has 1 aromatic carbocycles. The maximum Gasteiger partial charge on any atom is 0.193 e. The lowest BCUT2D eigenvalue weighted by Gasteiger charge is -2.22. The standard InChI is InChI=1S/C19H33N3O3.HI/c1-6-20-19(21-12-8-14-25-7-2)22(3)13-11-16-9-10-17(23-4)18(15-16)24-5;/h9-10,15H,6-8,11-14H2,1-5H3,(H,20,21);1H. The van der Waals surface area contributed by atoms with Gasteiger partial charge >= 0.3 is 0 Å². The lowest BCUT2D eigenvalue weighted by atomic mass is 10.1. The highest BCUT2D eigenvalue weighted by Crippen LogP contribution is 2.27. The summed E-state index contributed by atoms with van der Waals surface area (Å²) < 4.78 is 16.0. The summed E-state index contributed by atoms with van der Waals surface area (Å²) in [6.45, 7) is 8.09. The van der Waals surface area contributed by atoms with Crippen LogP contribution in [0.2, 0.25) is 0 Å². The lowest BCUT2D eigenvalue weighted by molar-refractivity contribution is 0.146. The molecular formula is C19H34IN3O3. The Labute approximate surface area is 175 Å². The van der Waals surface area contributed by atoms with Crippen molar-refractivity contribution in [2.24, 2.45) is 4.99 Å². The largest absolute Gasteiger partial charge is 0.493 e. The normalized spacial score (nSPS) is 10.9. The van der Waals surface area contributed by atoms with E-state index in [1.165, 1.54) is 5.56 Å². The molecule has 7 heteroatoms. The Kier molecular flexibility index (Phi) is 14.2. The van der Waals surface area contributed by atoms with Gasteiger partial charge in [-0.25, -0.2) is 0 Å². The quantitative estimate of drug-likeness (QED) is 0.229. The molecule has 0 bridgehead atoms. The van der Waals surface area contributed by atoms with Crippen LogP contribution >= 0.6 is 24.0 Å². The van der Waals surface area contributed by atoms with Crippen molar-refractivity contribution in [3.8, 4) is 11.5 Å². The van der Waals surface area contributed by atoms with Crippen molar-refractivity contribution in [2.75, 3.05) is 54.1 Å². The molecule has 0 aliphatic heterocycles. The second kappa shape index (κ2) is 14.9. The van der Waals surface area contributed by atoms with Gasteiger partial charge in [-0.1, -0.05) is 6.07 Å². The van der Waals surface area contributed by atoms with Gasteiger partial charge in [-0.3, -0.25) is 4.99 Å². The van der Waals surface area contributed by atoms with Gasteiger partial charge in [0.1, 0.15) is 0 Å². The molecule has 1 N–H and O–H groups in total. The summed E-state index contributed by atoms with van der Waals surface area (Å²) in [6.07, 6.45) is 1.84. The molecule has 0 atom stereocenters. The maximum absolute atomic E-state index is 5.37. The number of aliphatic imine (C=N–C) groups is 1. The number of likely N-dealkylation sites (N-methyl/N-ethyl adjacent to an activating group) is 1. The van der Waals surface area contributed by atoms with E-state index in [0.29, 0.717) is 0 Å². The van der Waals surface area contributed by atoms with Crippen molar-refractivity contribution in [2.45, 2.75) is 26.7 Å². The number of halogens is 1. The van der Waals surface area contributed by atoms with Crippen LogP contribution in [0.15, 0.2) is 23.2 Å². The predicted octanol–water partition coefficient (Wildman–Crippen LogP) is 3.19. The molecule has 26 heavy (non-hydrogen) atoms. The topological polar surface area (TPSA) is 55.3 Å². The van der Waals surface area contributed by atoms with Crippen LogP contribution in [-0.2, 0) is 11.2 Å². The van der Waals surface area contributed by atoms with Crippen molar-refractivity contribution >= 4 is 29.9 Å². The van der Waals surface area contributed by atoms with Crippen LogP contribution in [0.4, 0.5) is 0 Å². The highest BCUT2D eigenvalue weighted by molar-refractivity contribution is 14.0. The Morgan fingerprint density at radius 1 is 1.15 bits per heavy atom. The second-order valence-corrected chi connectivity index (χ2v) is 5.65. The Hall–Kier alpha value is -1.22. The van der Waals surface area contributed by atoms with E-state index >= 15 is 0 Å². The van der Waals surface area contributed by atoms with Gasteiger partial charge in [0.15, 0.2) is 17.5 Å². The Morgan fingerprint density at radius 3 is 2.50 bits per heavy atom. The van der Waals surface area contributed by atoms with Crippen molar-refractivity contribution < 1.29 is 14.2 Å². The third-order valence-corrected chi connectivity index (χ3v) is 3.79. The number of hydrogen-bond acceptors (Lipinski definition) is 4. The van der Waals surface area contributed by atoms with Crippen molar-refractivity contribution in [1.29, 1.82) is 0 Å². The Morgan fingerprint density at radius 2 is 1.88 bits per heavy atom. The average molecular weight is 479 g/mol. The van der Waals surface area contributed by atoms with Gasteiger partial charge in [0.2, 0.25) is 0 Å². The minimum atomic E-state index is 0. The fourth-order valence-corrected chi connectivity index (χ4v) is 2.40. The van der Waals surface area contributed by atoms with Crippen LogP contribution in [0.3, 0.4) is 0 Å². The van der Waals surface area contributed by atoms with Gasteiger partial charge in [-0.05, 0) is 44.4 Å². The number of nitrogens with one attached hydrogen (secondary N) is 1. The van der Waals surface area contributed by atoms with Gasteiger partial charge in [0, 0.05) is 39.9 Å². The molecule has 0 heterocycles. The van der Waals surface area contributed by atoms with E-state index in [4.69, 9.17) is 14.2 Å². The minimum absolute atomic E-state index is 0. The summed E-state index contributed by atoms with van der Waals surface area (Å²) in [6, 6.07) is 6.04. The highest BCUT2D eigenvalue weighted by atomic mass is 127. The molecule has 0 amide bonds. The zero-order chi connectivity index (χ0) is 18.5. The zero-order valence-electron chi connectivity index (χ0n) is 16.7. The summed E-state index contributed by atoms with van der Waals surface area (Å²) in [5.41, 5.74) is 1.21. The summed E-state index contributed by atoms with van der Waals surface area (Å²) in [5.74, 6) is 2.45. The molecule has 1 rings (SSSR count). The monoisotopic (exact) mass is 479 g/mol. The maximum atomic E-state index is 5.37. The second-order valence-electron chi connectivity index (χ2n) is 5.65. The number of hydrogen-bond donors (Lipinski definition) is 1. The first kappa shape index (κ1) is 24.8. The van der Waals surface area contributed by atoms with Crippen LogP contribution in [-0.4, -0.2) is 65.0 Å².